The predicted octanol–water partition coefficient (Wildman–Crippen LogP) is 2.36. The van der Waals surface area contributed by atoms with Gasteiger partial charge in [-0.15, -0.1) is 0 Å². The number of rotatable bonds is 5. The van der Waals surface area contributed by atoms with Gasteiger partial charge in [0.25, 0.3) is 0 Å². The summed E-state index contributed by atoms with van der Waals surface area (Å²) < 4.78 is 10.7. The van der Waals surface area contributed by atoms with E-state index in [0.29, 0.717) is 19.6 Å². The third kappa shape index (κ3) is 6.34. The van der Waals surface area contributed by atoms with Crippen molar-refractivity contribution in [1.82, 2.24) is 15.1 Å². The molecule has 0 radical (unpaired) electrons. The molecule has 8 heteroatoms. The van der Waals surface area contributed by atoms with Crippen LogP contribution in [-0.4, -0.2) is 77.1 Å². The van der Waals surface area contributed by atoms with E-state index in [2.05, 4.69) is 5.32 Å². The minimum atomic E-state index is -0.965. The van der Waals surface area contributed by atoms with Crippen molar-refractivity contribution in [2.75, 3.05) is 32.7 Å². The standard InChI is InChI=1S/C22H33N3O5/c1-21(2,3)30-20(27)25-15-22(28,16-25)14-23-18-10-7-11-24(12-18)19(26)29-13-17-8-5-4-6-9-17/h4-6,8-9,18,23,28H,7,10-16H2,1-3H3. The number of hydrogen-bond acceptors (Lipinski definition) is 6. The van der Waals surface area contributed by atoms with E-state index in [4.69, 9.17) is 9.47 Å². The summed E-state index contributed by atoms with van der Waals surface area (Å²) in [7, 11) is 0. The molecule has 2 fully saturated rings. The lowest BCUT2D eigenvalue weighted by Gasteiger charge is -2.47. The van der Waals surface area contributed by atoms with Gasteiger partial charge in [0.2, 0.25) is 0 Å². The third-order valence-electron chi connectivity index (χ3n) is 5.23. The molecule has 2 aliphatic heterocycles. The molecule has 2 amide bonds. The Bertz CT molecular complexity index is 728. The Morgan fingerprint density at radius 3 is 2.53 bits per heavy atom. The van der Waals surface area contributed by atoms with Gasteiger partial charge in [0.05, 0.1) is 13.1 Å². The first-order valence-corrected chi connectivity index (χ1v) is 10.5. The molecule has 1 aromatic rings. The van der Waals surface area contributed by atoms with Crippen molar-refractivity contribution in [2.45, 2.75) is 57.5 Å². The Kier molecular flexibility index (Phi) is 6.88. The fourth-order valence-corrected chi connectivity index (χ4v) is 3.69. The summed E-state index contributed by atoms with van der Waals surface area (Å²) in [4.78, 5) is 27.6. The summed E-state index contributed by atoms with van der Waals surface area (Å²) in [5, 5.41) is 14.0. The van der Waals surface area contributed by atoms with E-state index in [1.165, 1.54) is 4.90 Å². The number of likely N-dealkylation sites (tertiary alicyclic amines) is 2. The molecule has 30 heavy (non-hydrogen) atoms. The van der Waals surface area contributed by atoms with Crippen molar-refractivity contribution in [1.29, 1.82) is 0 Å². The van der Waals surface area contributed by atoms with Crippen molar-refractivity contribution in [3.8, 4) is 0 Å². The molecule has 8 nitrogen and oxygen atoms in total. The average molecular weight is 420 g/mol. The van der Waals surface area contributed by atoms with Crippen LogP contribution in [0.4, 0.5) is 9.59 Å². The van der Waals surface area contributed by atoms with Crippen LogP contribution in [0, 0.1) is 0 Å². The lowest BCUT2D eigenvalue weighted by atomic mass is 9.93. The van der Waals surface area contributed by atoms with Crippen LogP contribution in [0.15, 0.2) is 30.3 Å². The first-order valence-electron chi connectivity index (χ1n) is 10.5. The molecule has 3 rings (SSSR count). The molecule has 1 atom stereocenters. The summed E-state index contributed by atoms with van der Waals surface area (Å²) in [5.74, 6) is 0. The number of nitrogens with zero attached hydrogens (tertiary/aromatic N) is 2. The molecule has 2 N–H and O–H groups in total. The Morgan fingerprint density at radius 1 is 1.17 bits per heavy atom. The molecule has 1 unspecified atom stereocenters. The molecular weight excluding hydrogens is 386 g/mol. The molecule has 0 aromatic heterocycles. The fraction of sp³-hybridized carbons (Fsp3) is 0.636. The Balaban J connectivity index is 1.39. The number of piperidine rings is 1. The maximum atomic E-state index is 12.4. The summed E-state index contributed by atoms with van der Waals surface area (Å²) in [6.07, 6.45) is 1.08. The Hall–Kier alpha value is -2.32. The maximum Gasteiger partial charge on any atom is 0.410 e. The van der Waals surface area contributed by atoms with Crippen molar-refractivity contribution in [3.63, 3.8) is 0 Å². The first-order chi connectivity index (χ1) is 14.1. The van der Waals surface area contributed by atoms with Gasteiger partial charge < -0.3 is 29.7 Å². The molecule has 0 aliphatic carbocycles. The van der Waals surface area contributed by atoms with Gasteiger partial charge in [0, 0.05) is 25.7 Å². The predicted molar refractivity (Wildman–Crippen MR) is 112 cm³/mol. The van der Waals surface area contributed by atoms with E-state index < -0.39 is 17.3 Å². The smallest absolute Gasteiger partial charge is 0.410 e. The molecular formula is C22H33N3O5. The largest absolute Gasteiger partial charge is 0.445 e. The molecule has 2 saturated heterocycles. The van der Waals surface area contributed by atoms with Crippen molar-refractivity contribution >= 4 is 12.2 Å². The SMILES string of the molecule is CC(C)(C)OC(=O)N1CC(O)(CNC2CCCN(C(=O)OCc3ccccc3)C2)C1. The van der Waals surface area contributed by atoms with Gasteiger partial charge in [-0.2, -0.15) is 0 Å². The quantitative estimate of drug-likeness (QED) is 0.761. The first kappa shape index (κ1) is 22.4. The highest BCUT2D eigenvalue weighted by molar-refractivity contribution is 5.69. The van der Waals surface area contributed by atoms with Crippen LogP contribution in [-0.2, 0) is 16.1 Å². The van der Waals surface area contributed by atoms with Crippen LogP contribution in [0.5, 0.6) is 0 Å². The van der Waals surface area contributed by atoms with Crippen molar-refractivity contribution in [3.05, 3.63) is 35.9 Å². The second-order valence-corrected chi connectivity index (χ2v) is 9.27. The number of benzene rings is 1. The lowest BCUT2D eigenvalue weighted by molar-refractivity contribution is -0.0975. The molecule has 1 aromatic carbocycles. The minimum absolute atomic E-state index is 0.0858. The van der Waals surface area contributed by atoms with Gasteiger partial charge in [0.15, 0.2) is 0 Å². The highest BCUT2D eigenvalue weighted by atomic mass is 16.6. The fourth-order valence-electron chi connectivity index (χ4n) is 3.69. The van der Waals surface area contributed by atoms with Gasteiger partial charge in [-0.05, 0) is 39.2 Å². The molecule has 0 bridgehead atoms. The zero-order valence-corrected chi connectivity index (χ0v) is 18.1. The van der Waals surface area contributed by atoms with Crippen LogP contribution in [0.25, 0.3) is 0 Å². The minimum Gasteiger partial charge on any atom is -0.445 e. The second-order valence-electron chi connectivity index (χ2n) is 9.27. The molecule has 166 valence electrons. The van der Waals surface area contributed by atoms with E-state index in [1.54, 1.807) is 4.90 Å². The van der Waals surface area contributed by atoms with Gasteiger partial charge in [-0.3, -0.25) is 0 Å². The summed E-state index contributed by atoms with van der Waals surface area (Å²) >= 11 is 0. The van der Waals surface area contributed by atoms with Crippen LogP contribution in [0.2, 0.25) is 0 Å². The highest BCUT2D eigenvalue weighted by Gasteiger charge is 2.45. The maximum absolute atomic E-state index is 12.4. The van der Waals surface area contributed by atoms with E-state index in [0.717, 1.165) is 18.4 Å². The summed E-state index contributed by atoms with van der Waals surface area (Å²) in [6, 6.07) is 9.69. The lowest BCUT2D eigenvalue weighted by Crippen LogP contribution is -2.68. The third-order valence-corrected chi connectivity index (χ3v) is 5.23. The Morgan fingerprint density at radius 2 is 1.87 bits per heavy atom. The number of β-amino-alcohol motifs (C(OH)–C–C–N with tert-alkyl or cyclic N) is 1. The molecule has 2 aliphatic rings. The number of carbonyl (C=O) groups excluding carboxylic acids is 2. The summed E-state index contributed by atoms with van der Waals surface area (Å²) in [6.45, 7) is 7.77. The van der Waals surface area contributed by atoms with Crippen LogP contribution in [0.1, 0.15) is 39.2 Å². The highest BCUT2D eigenvalue weighted by Crippen LogP contribution is 2.23. The van der Waals surface area contributed by atoms with Gasteiger partial charge >= 0.3 is 12.2 Å². The zero-order chi connectivity index (χ0) is 21.8. The number of carbonyl (C=O) groups is 2. The van der Waals surface area contributed by atoms with Crippen LogP contribution in [0.3, 0.4) is 0 Å². The number of hydrogen-bond donors (Lipinski definition) is 2. The van der Waals surface area contributed by atoms with Crippen LogP contribution < -0.4 is 5.32 Å². The molecule has 0 spiro atoms. The van der Waals surface area contributed by atoms with Gasteiger partial charge in [-0.25, -0.2) is 9.59 Å². The number of ether oxygens (including phenoxy) is 2. The van der Waals surface area contributed by atoms with E-state index in [1.807, 2.05) is 51.1 Å². The van der Waals surface area contributed by atoms with E-state index in [-0.39, 0.29) is 31.8 Å². The summed E-state index contributed by atoms with van der Waals surface area (Å²) in [5.41, 5.74) is -0.559. The molecule has 0 saturated carbocycles. The average Bonchev–Trinajstić information content (AvgIpc) is 2.68. The topological polar surface area (TPSA) is 91.3 Å². The van der Waals surface area contributed by atoms with Crippen molar-refractivity contribution < 1.29 is 24.2 Å². The second kappa shape index (κ2) is 9.22. The monoisotopic (exact) mass is 419 g/mol. The van der Waals surface area contributed by atoms with Crippen LogP contribution >= 0.6 is 0 Å². The van der Waals surface area contributed by atoms with Gasteiger partial charge in [-0.1, -0.05) is 30.3 Å². The Labute approximate surface area is 178 Å². The van der Waals surface area contributed by atoms with Crippen molar-refractivity contribution in [2.24, 2.45) is 0 Å². The van der Waals surface area contributed by atoms with Gasteiger partial charge in [0.1, 0.15) is 17.8 Å². The zero-order valence-electron chi connectivity index (χ0n) is 18.1. The molecule has 2 heterocycles. The number of aliphatic hydroxyl groups is 1. The number of nitrogens with one attached hydrogen (secondary N) is 1. The van der Waals surface area contributed by atoms with E-state index >= 15 is 0 Å². The number of amides is 2. The normalized spacial score (nSPS) is 21.0. The van der Waals surface area contributed by atoms with E-state index in [9.17, 15) is 14.7 Å².